The van der Waals surface area contributed by atoms with Crippen molar-refractivity contribution in [1.29, 1.82) is 0 Å². The predicted molar refractivity (Wildman–Crippen MR) is 91.0 cm³/mol. The van der Waals surface area contributed by atoms with Crippen molar-refractivity contribution in [3.63, 3.8) is 0 Å². The summed E-state index contributed by atoms with van der Waals surface area (Å²) in [5.41, 5.74) is 1.85. The number of hydrogen-bond donors (Lipinski definition) is 1. The quantitative estimate of drug-likeness (QED) is 0.663. The summed E-state index contributed by atoms with van der Waals surface area (Å²) in [6, 6.07) is 7.66. The Hall–Kier alpha value is -2.10. The van der Waals surface area contributed by atoms with Gasteiger partial charge < -0.3 is 10.1 Å². The lowest BCUT2D eigenvalue weighted by Gasteiger charge is -2.27. The van der Waals surface area contributed by atoms with Crippen molar-refractivity contribution in [2.24, 2.45) is 11.8 Å². The number of anilines is 1. The lowest BCUT2D eigenvalue weighted by atomic mass is 9.82. The molecule has 4 nitrogen and oxygen atoms in total. The van der Waals surface area contributed by atoms with Gasteiger partial charge in [-0.25, -0.2) is 0 Å². The zero-order valence-corrected chi connectivity index (χ0v) is 14.0. The molecular formula is C19H25NO3. The molecule has 0 spiro atoms. The number of ether oxygens (including phenoxy) is 1. The zero-order chi connectivity index (χ0) is 16.8. The fourth-order valence-electron chi connectivity index (χ4n) is 2.69. The molecule has 3 unspecified atom stereocenters. The van der Waals surface area contributed by atoms with Crippen LogP contribution in [0.3, 0.4) is 0 Å². The molecule has 1 aromatic rings. The van der Waals surface area contributed by atoms with Gasteiger partial charge in [-0.05, 0) is 50.8 Å². The lowest BCUT2D eigenvalue weighted by Crippen LogP contribution is -2.36. The van der Waals surface area contributed by atoms with E-state index in [9.17, 15) is 9.59 Å². The molecule has 124 valence electrons. The summed E-state index contributed by atoms with van der Waals surface area (Å²) < 4.78 is 5.44. The maximum atomic E-state index is 12.6. The Balaban J connectivity index is 2.07. The Morgan fingerprint density at radius 2 is 1.96 bits per heavy atom. The van der Waals surface area contributed by atoms with Gasteiger partial charge in [-0.15, -0.1) is 0 Å². The zero-order valence-electron chi connectivity index (χ0n) is 14.0. The van der Waals surface area contributed by atoms with Crippen molar-refractivity contribution >= 4 is 17.6 Å². The molecule has 1 aromatic carbocycles. The summed E-state index contributed by atoms with van der Waals surface area (Å²) in [5, 5.41) is 2.92. The number of carbonyl (C=O) groups excluding carboxylic acids is 2. The number of rotatable bonds is 5. The minimum atomic E-state index is -0.404. The summed E-state index contributed by atoms with van der Waals surface area (Å²) in [6.45, 7) is 5.82. The van der Waals surface area contributed by atoms with Gasteiger partial charge in [-0.2, -0.15) is 0 Å². The first kappa shape index (κ1) is 17.3. The molecule has 0 bridgehead atoms. The maximum absolute atomic E-state index is 12.6. The molecule has 0 heterocycles. The standard InChI is InChI=1S/C19H25NO3/c1-4-14(3)23-19(22)17-11-6-5-10-16(17)18(21)20-15-9-7-8-13(2)12-15/h5-9,12,14,16-17H,4,10-11H2,1-3H3,(H,20,21). The van der Waals surface area contributed by atoms with Gasteiger partial charge in [0.2, 0.25) is 5.91 Å². The third-order valence-corrected chi connectivity index (χ3v) is 4.25. The Kier molecular flexibility index (Phi) is 5.97. The largest absolute Gasteiger partial charge is 0.462 e. The van der Waals surface area contributed by atoms with Crippen molar-refractivity contribution < 1.29 is 14.3 Å². The molecule has 0 aromatic heterocycles. The SMILES string of the molecule is CCC(C)OC(=O)C1CC=CCC1C(=O)Nc1cccc(C)c1. The molecule has 1 amide bonds. The van der Waals surface area contributed by atoms with Gasteiger partial charge >= 0.3 is 5.97 Å². The van der Waals surface area contributed by atoms with Gasteiger partial charge in [0.15, 0.2) is 0 Å². The predicted octanol–water partition coefficient (Wildman–Crippen LogP) is 3.86. The van der Waals surface area contributed by atoms with Crippen LogP contribution in [0.2, 0.25) is 0 Å². The first-order valence-corrected chi connectivity index (χ1v) is 8.24. The lowest BCUT2D eigenvalue weighted by molar-refractivity contribution is -0.157. The van der Waals surface area contributed by atoms with Gasteiger partial charge in [0.1, 0.15) is 0 Å². The van der Waals surface area contributed by atoms with Crippen LogP contribution in [0.4, 0.5) is 5.69 Å². The van der Waals surface area contributed by atoms with Gasteiger partial charge in [-0.1, -0.05) is 31.2 Å². The van der Waals surface area contributed by atoms with Gasteiger partial charge in [0.05, 0.1) is 17.9 Å². The molecule has 3 atom stereocenters. The first-order chi connectivity index (χ1) is 11.0. The number of aryl methyl sites for hydroxylation is 1. The molecule has 1 aliphatic carbocycles. The Bertz CT molecular complexity index is 594. The van der Waals surface area contributed by atoms with Gasteiger partial charge in [-0.3, -0.25) is 9.59 Å². The number of nitrogens with one attached hydrogen (secondary N) is 1. The number of esters is 1. The van der Waals surface area contributed by atoms with Crippen LogP contribution in [0.25, 0.3) is 0 Å². The topological polar surface area (TPSA) is 55.4 Å². The molecule has 2 rings (SSSR count). The average molecular weight is 315 g/mol. The van der Waals surface area contributed by atoms with E-state index in [0.29, 0.717) is 12.8 Å². The van der Waals surface area contributed by atoms with Crippen LogP contribution in [0.5, 0.6) is 0 Å². The monoisotopic (exact) mass is 315 g/mol. The van der Waals surface area contributed by atoms with E-state index >= 15 is 0 Å². The van der Waals surface area contributed by atoms with Crippen LogP contribution in [0, 0.1) is 18.8 Å². The summed E-state index contributed by atoms with van der Waals surface area (Å²) in [7, 11) is 0. The molecule has 23 heavy (non-hydrogen) atoms. The van der Waals surface area contributed by atoms with Crippen LogP contribution in [0.1, 0.15) is 38.7 Å². The van der Waals surface area contributed by atoms with Crippen LogP contribution in [-0.2, 0) is 14.3 Å². The number of carbonyl (C=O) groups is 2. The minimum Gasteiger partial charge on any atom is -0.462 e. The van der Waals surface area contributed by atoms with Crippen LogP contribution in [0.15, 0.2) is 36.4 Å². The van der Waals surface area contributed by atoms with E-state index in [1.54, 1.807) is 0 Å². The number of amides is 1. The fraction of sp³-hybridized carbons (Fsp3) is 0.474. The van der Waals surface area contributed by atoms with E-state index in [2.05, 4.69) is 5.32 Å². The second-order valence-electron chi connectivity index (χ2n) is 6.17. The van der Waals surface area contributed by atoms with E-state index in [1.807, 2.05) is 57.2 Å². The number of hydrogen-bond acceptors (Lipinski definition) is 3. The Morgan fingerprint density at radius 1 is 1.26 bits per heavy atom. The molecule has 1 N–H and O–H groups in total. The second-order valence-corrected chi connectivity index (χ2v) is 6.17. The summed E-state index contributed by atoms with van der Waals surface area (Å²) >= 11 is 0. The van der Waals surface area contributed by atoms with Crippen LogP contribution in [-0.4, -0.2) is 18.0 Å². The Labute approximate surface area is 137 Å². The van der Waals surface area contributed by atoms with Crippen molar-refractivity contribution in [3.05, 3.63) is 42.0 Å². The highest BCUT2D eigenvalue weighted by atomic mass is 16.5. The number of allylic oxidation sites excluding steroid dienone is 2. The molecule has 1 aliphatic rings. The molecule has 0 saturated heterocycles. The van der Waals surface area contributed by atoms with Gasteiger partial charge in [0, 0.05) is 5.69 Å². The van der Waals surface area contributed by atoms with Crippen molar-refractivity contribution in [3.8, 4) is 0 Å². The first-order valence-electron chi connectivity index (χ1n) is 8.24. The Morgan fingerprint density at radius 3 is 2.61 bits per heavy atom. The fourth-order valence-corrected chi connectivity index (χ4v) is 2.69. The normalized spacial score (nSPS) is 21.5. The van der Waals surface area contributed by atoms with Crippen molar-refractivity contribution in [2.45, 2.75) is 46.1 Å². The molecule has 0 saturated carbocycles. The van der Waals surface area contributed by atoms with E-state index in [-0.39, 0.29) is 23.9 Å². The minimum absolute atomic E-state index is 0.117. The maximum Gasteiger partial charge on any atom is 0.310 e. The molecule has 0 fully saturated rings. The highest BCUT2D eigenvalue weighted by Gasteiger charge is 2.35. The number of benzene rings is 1. The van der Waals surface area contributed by atoms with Crippen LogP contribution < -0.4 is 5.32 Å². The highest BCUT2D eigenvalue weighted by Crippen LogP contribution is 2.28. The second kappa shape index (κ2) is 7.95. The highest BCUT2D eigenvalue weighted by molar-refractivity contribution is 5.95. The van der Waals surface area contributed by atoms with Crippen molar-refractivity contribution in [1.82, 2.24) is 0 Å². The smallest absolute Gasteiger partial charge is 0.310 e. The molecule has 0 radical (unpaired) electrons. The molecule has 0 aliphatic heterocycles. The average Bonchev–Trinajstić information content (AvgIpc) is 2.54. The van der Waals surface area contributed by atoms with E-state index in [1.165, 1.54) is 0 Å². The summed E-state index contributed by atoms with van der Waals surface area (Å²) in [6.07, 6.45) is 5.70. The summed E-state index contributed by atoms with van der Waals surface area (Å²) in [4.78, 5) is 24.9. The molecular weight excluding hydrogens is 290 g/mol. The third-order valence-electron chi connectivity index (χ3n) is 4.25. The van der Waals surface area contributed by atoms with Crippen LogP contribution >= 0.6 is 0 Å². The summed E-state index contributed by atoms with van der Waals surface area (Å²) in [5.74, 6) is -1.17. The molecule has 4 heteroatoms. The van der Waals surface area contributed by atoms with Gasteiger partial charge in [0.25, 0.3) is 0 Å². The van der Waals surface area contributed by atoms with E-state index in [4.69, 9.17) is 4.74 Å². The van der Waals surface area contributed by atoms with E-state index in [0.717, 1.165) is 17.7 Å². The van der Waals surface area contributed by atoms with E-state index < -0.39 is 5.92 Å². The third kappa shape index (κ3) is 4.68. The van der Waals surface area contributed by atoms with Crippen molar-refractivity contribution in [2.75, 3.05) is 5.32 Å².